The number of hydrogen-bond donors (Lipinski definition) is 2. The molecule has 0 heterocycles. The molecule has 0 spiro atoms. The van der Waals surface area contributed by atoms with Crippen LogP contribution in [0.15, 0.2) is 0 Å². The van der Waals surface area contributed by atoms with Crippen LogP contribution < -0.4 is 9.47 Å². The lowest BCUT2D eigenvalue weighted by Crippen LogP contribution is -2.06. The Morgan fingerprint density at radius 1 is 0.700 bits per heavy atom. The first-order valence-electron chi connectivity index (χ1n) is 7.47. The molecule has 2 N–H and O–H groups in total. The van der Waals surface area contributed by atoms with E-state index < -0.39 is 0 Å². The zero-order valence-electron chi connectivity index (χ0n) is 13.0. The van der Waals surface area contributed by atoms with E-state index in [-0.39, 0.29) is 17.2 Å². The smallest absolute Gasteiger partial charge is 0.207 e. The summed E-state index contributed by atoms with van der Waals surface area (Å²) in [4.78, 5) is 0. The molecule has 1 aromatic rings. The molecule has 1 aromatic carbocycles. The molecule has 0 amide bonds. The minimum absolute atomic E-state index is 0.0674. The molecule has 4 nitrogen and oxygen atoms in total. The Labute approximate surface area is 121 Å². The lowest BCUT2D eigenvalue weighted by Gasteiger charge is -2.21. The third kappa shape index (κ3) is 3.30. The van der Waals surface area contributed by atoms with Gasteiger partial charge in [-0.25, -0.2) is 0 Å². The van der Waals surface area contributed by atoms with E-state index in [9.17, 15) is 10.2 Å². The summed E-state index contributed by atoms with van der Waals surface area (Å²) in [6, 6.07) is 0. The van der Waals surface area contributed by atoms with Crippen LogP contribution in [0.3, 0.4) is 0 Å². The number of ether oxygens (including phenoxy) is 2. The minimum Gasteiger partial charge on any atom is -0.504 e. The number of aromatic hydroxyl groups is 2. The fourth-order valence-electron chi connectivity index (χ4n) is 2.38. The van der Waals surface area contributed by atoms with Crippen LogP contribution in [0.2, 0.25) is 0 Å². The van der Waals surface area contributed by atoms with Gasteiger partial charge in [0.25, 0.3) is 0 Å². The maximum absolute atomic E-state index is 10.3. The first-order chi connectivity index (χ1) is 9.62. The van der Waals surface area contributed by atoms with E-state index in [4.69, 9.17) is 9.47 Å². The summed E-state index contributed by atoms with van der Waals surface area (Å²) in [6.07, 6.45) is 3.33. The summed E-state index contributed by atoms with van der Waals surface area (Å²) in [5, 5.41) is 20.4. The Kier molecular flexibility index (Phi) is 6.49. The Balaban J connectivity index is 3.53. The largest absolute Gasteiger partial charge is 0.504 e. The van der Waals surface area contributed by atoms with Crippen molar-refractivity contribution in [2.24, 2.45) is 0 Å². The van der Waals surface area contributed by atoms with Crippen molar-refractivity contribution in [2.45, 2.75) is 53.4 Å². The van der Waals surface area contributed by atoms with Crippen LogP contribution in [0.4, 0.5) is 0 Å². The summed E-state index contributed by atoms with van der Waals surface area (Å²) in [6.45, 7) is 8.76. The van der Waals surface area contributed by atoms with Gasteiger partial charge in [-0.1, -0.05) is 26.7 Å². The molecule has 0 unspecified atom stereocenters. The van der Waals surface area contributed by atoms with Gasteiger partial charge in [0.2, 0.25) is 11.5 Å². The number of benzene rings is 1. The predicted molar refractivity (Wildman–Crippen MR) is 80.1 cm³/mol. The quantitative estimate of drug-likeness (QED) is 0.712. The van der Waals surface area contributed by atoms with Gasteiger partial charge in [0.1, 0.15) is 0 Å². The maximum Gasteiger partial charge on any atom is 0.207 e. The average molecular weight is 282 g/mol. The normalized spacial score (nSPS) is 10.6. The van der Waals surface area contributed by atoms with Gasteiger partial charge in [0.05, 0.1) is 13.2 Å². The summed E-state index contributed by atoms with van der Waals surface area (Å²) in [5.41, 5.74) is 1.73. The lowest BCUT2D eigenvalue weighted by atomic mass is 9.96. The van der Waals surface area contributed by atoms with Crippen molar-refractivity contribution in [1.82, 2.24) is 0 Å². The molecular formula is C16H26O4. The van der Waals surface area contributed by atoms with Gasteiger partial charge in [-0.2, -0.15) is 0 Å². The van der Waals surface area contributed by atoms with Gasteiger partial charge in [0.15, 0.2) is 11.5 Å². The molecule has 4 heteroatoms. The first kappa shape index (κ1) is 16.5. The van der Waals surface area contributed by atoms with E-state index >= 15 is 0 Å². The Hall–Kier alpha value is -1.58. The van der Waals surface area contributed by atoms with Gasteiger partial charge in [0, 0.05) is 11.1 Å². The van der Waals surface area contributed by atoms with Gasteiger partial charge in [-0.15, -0.1) is 0 Å². The first-order valence-corrected chi connectivity index (χ1v) is 7.47. The van der Waals surface area contributed by atoms with Crippen molar-refractivity contribution in [3.63, 3.8) is 0 Å². The highest BCUT2D eigenvalue weighted by atomic mass is 16.5. The van der Waals surface area contributed by atoms with E-state index in [1.54, 1.807) is 0 Å². The van der Waals surface area contributed by atoms with Crippen molar-refractivity contribution in [2.75, 3.05) is 13.2 Å². The Bertz CT molecular complexity index is 400. The molecule has 0 aliphatic heterocycles. The standard InChI is InChI=1S/C16H26O4/c1-5-9-11-12(10-6-2)15(19-7-3)16(20-8-4)14(18)13(11)17/h17-18H,5-10H2,1-4H3. The molecule has 1 rings (SSSR count). The van der Waals surface area contributed by atoms with Gasteiger partial charge < -0.3 is 19.7 Å². The lowest BCUT2D eigenvalue weighted by molar-refractivity contribution is 0.266. The van der Waals surface area contributed by atoms with Crippen molar-refractivity contribution in [3.8, 4) is 23.0 Å². The summed E-state index contributed by atoms with van der Waals surface area (Å²) < 4.78 is 11.2. The van der Waals surface area contributed by atoms with E-state index in [1.165, 1.54) is 0 Å². The second-order valence-corrected chi connectivity index (χ2v) is 4.68. The van der Waals surface area contributed by atoms with Crippen molar-refractivity contribution < 1.29 is 19.7 Å². The van der Waals surface area contributed by atoms with Gasteiger partial charge in [-0.3, -0.25) is 0 Å². The molecule has 114 valence electrons. The highest BCUT2D eigenvalue weighted by molar-refractivity contribution is 5.66. The highest BCUT2D eigenvalue weighted by Crippen LogP contribution is 2.49. The van der Waals surface area contributed by atoms with Crippen LogP contribution in [-0.2, 0) is 12.8 Å². The molecule has 0 atom stereocenters. The van der Waals surface area contributed by atoms with Crippen LogP contribution in [0.1, 0.15) is 51.7 Å². The zero-order chi connectivity index (χ0) is 15.1. The second kappa shape index (κ2) is 7.88. The molecule has 0 aromatic heterocycles. The predicted octanol–water partition coefficient (Wildman–Crippen LogP) is 3.80. The van der Waals surface area contributed by atoms with Crippen LogP contribution in [0.25, 0.3) is 0 Å². The minimum atomic E-state index is -0.210. The molecule has 20 heavy (non-hydrogen) atoms. The fourth-order valence-corrected chi connectivity index (χ4v) is 2.38. The summed E-state index contributed by atoms with van der Waals surface area (Å²) in [5.74, 6) is 0.561. The SMILES string of the molecule is CCCc1c(O)c(O)c(OCC)c(OCC)c1CCC. The molecule has 0 aliphatic carbocycles. The molecule has 0 fully saturated rings. The number of hydrogen-bond acceptors (Lipinski definition) is 4. The molecular weight excluding hydrogens is 256 g/mol. The van der Waals surface area contributed by atoms with Crippen LogP contribution in [0, 0.1) is 0 Å². The van der Waals surface area contributed by atoms with Gasteiger partial charge >= 0.3 is 0 Å². The molecule has 0 bridgehead atoms. The Morgan fingerprint density at radius 2 is 1.20 bits per heavy atom. The zero-order valence-corrected chi connectivity index (χ0v) is 13.0. The van der Waals surface area contributed by atoms with Crippen molar-refractivity contribution in [3.05, 3.63) is 11.1 Å². The van der Waals surface area contributed by atoms with E-state index in [2.05, 4.69) is 6.92 Å². The monoisotopic (exact) mass is 282 g/mol. The highest BCUT2D eigenvalue weighted by Gasteiger charge is 2.24. The van der Waals surface area contributed by atoms with E-state index in [0.717, 1.165) is 30.4 Å². The fraction of sp³-hybridized carbons (Fsp3) is 0.625. The topological polar surface area (TPSA) is 58.9 Å². The third-order valence-corrected chi connectivity index (χ3v) is 3.15. The number of phenols is 2. The number of rotatable bonds is 8. The summed E-state index contributed by atoms with van der Waals surface area (Å²) >= 11 is 0. The molecule has 0 aliphatic rings. The number of phenolic OH excluding ortho intramolecular Hbond substituents is 2. The van der Waals surface area contributed by atoms with Crippen LogP contribution >= 0.6 is 0 Å². The molecule has 0 radical (unpaired) electrons. The average Bonchev–Trinajstić information content (AvgIpc) is 2.44. The van der Waals surface area contributed by atoms with Crippen LogP contribution in [-0.4, -0.2) is 23.4 Å². The third-order valence-electron chi connectivity index (χ3n) is 3.15. The van der Waals surface area contributed by atoms with E-state index in [0.29, 0.717) is 25.4 Å². The molecule has 0 saturated carbocycles. The maximum atomic E-state index is 10.3. The van der Waals surface area contributed by atoms with E-state index in [1.807, 2.05) is 20.8 Å². The van der Waals surface area contributed by atoms with Gasteiger partial charge in [-0.05, 0) is 26.7 Å². The molecule has 0 saturated heterocycles. The van der Waals surface area contributed by atoms with Crippen molar-refractivity contribution in [1.29, 1.82) is 0 Å². The Morgan fingerprint density at radius 3 is 1.70 bits per heavy atom. The van der Waals surface area contributed by atoms with Crippen molar-refractivity contribution >= 4 is 0 Å². The summed E-state index contributed by atoms with van der Waals surface area (Å²) in [7, 11) is 0. The second-order valence-electron chi connectivity index (χ2n) is 4.68. The van der Waals surface area contributed by atoms with Crippen LogP contribution in [0.5, 0.6) is 23.0 Å².